The first-order valence-corrected chi connectivity index (χ1v) is 12.2. The highest BCUT2D eigenvalue weighted by Crippen LogP contribution is 2.31. The third-order valence-electron chi connectivity index (χ3n) is 5.44. The average molecular weight is 516 g/mol. The minimum absolute atomic E-state index is 0.118. The van der Waals surface area contributed by atoms with Crippen molar-refractivity contribution >= 4 is 29.6 Å². The van der Waals surface area contributed by atoms with E-state index in [-0.39, 0.29) is 11.9 Å². The fraction of sp³-hybridized carbons (Fsp3) is 0.208. The zero-order valence-corrected chi connectivity index (χ0v) is 20.5. The number of nitrogens with one attached hydrogen (secondary N) is 2. The maximum absolute atomic E-state index is 12.3. The monoisotopic (exact) mass is 515 g/mol. The van der Waals surface area contributed by atoms with Gasteiger partial charge in [0.2, 0.25) is 5.95 Å². The van der Waals surface area contributed by atoms with Crippen molar-refractivity contribution in [2.24, 2.45) is 0 Å². The van der Waals surface area contributed by atoms with Crippen LogP contribution in [-0.2, 0) is 5.88 Å². The lowest BCUT2D eigenvalue weighted by molar-refractivity contribution is 0.0950. The Hall–Kier alpha value is -4.70. The highest BCUT2D eigenvalue weighted by Gasteiger charge is 2.24. The summed E-state index contributed by atoms with van der Waals surface area (Å²) in [5, 5.41) is 26.4. The van der Waals surface area contributed by atoms with Gasteiger partial charge < -0.3 is 19.6 Å². The molecule has 13 heteroatoms. The van der Waals surface area contributed by atoms with E-state index in [0.29, 0.717) is 40.1 Å². The predicted octanol–water partition coefficient (Wildman–Crippen LogP) is 3.33. The third-order valence-corrected chi connectivity index (χ3v) is 6.10. The molecule has 37 heavy (non-hydrogen) atoms. The quantitative estimate of drug-likeness (QED) is 0.299. The van der Waals surface area contributed by atoms with Crippen LogP contribution in [0.5, 0.6) is 11.5 Å². The van der Waals surface area contributed by atoms with Crippen LogP contribution >= 0.6 is 12.0 Å². The van der Waals surface area contributed by atoms with Gasteiger partial charge in [-0.1, -0.05) is 6.07 Å². The lowest BCUT2D eigenvalue weighted by Crippen LogP contribution is -2.25. The minimum atomic E-state index is -0.118. The Kier molecular flexibility index (Phi) is 7.09. The van der Waals surface area contributed by atoms with E-state index in [1.54, 1.807) is 55.9 Å². The molecule has 0 spiro atoms. The first kappa shape index (κ1) is 24.0. The standard InChI is InChI=1S/C24H21N9O3S/c1-35-22-9-16(23(34)29-19-5-6-19)4-7-20(22)30-24-26-11-18(12-27-24)15-2-3-17(10-25)21(8-15)36-37-14-33-13-28-31-32-33/h2-4,7-9,11-13,19H,5-6,14H2,1H3,(H,29,34)(H,26,27,30). The van der Waals surface area contributed by atoms with E-state index < -0.39 is 0 Å². The van der Waals surface area contributed by atoms with Crippen LogP contribution in [0.4, 0.5) is 11.6 Å². The topological polar surface area (TPSA) is 153 Å². The fourth-order valence-electron chi connectivity index (χ4n) is 3.34. The van der Waals surface area contributed by atoms with Gasteiger partial charge in [-0.05, 0) is 59.2 Å². The molecular formula is C24H21N9O3S. The molecule has 1 saturated carbocycles. The minimum Gasteiger partial charge on any atom is -0.495 e. The Labute approximate surface area is 216 Å². The summed E-state index contributed by atoms with van der Waals surface area (Å²) in [6.07, 6.45) is 6.85. The normalized spacial score (nSPS) is 12.4. The molecule has 2 N–H and O–H groups in total. The number of nitriles is 1. The van der Waals surface area contributed by atoms with Crippen molar-refractivity contribution in [3.05, 3.63) is 66.2 Å². The van der Waals surface area contributed by atoms with E-state index in [9.17, 15) is 10.1 Å². The Morgan fingerprint density at radius 2 is 2.00 bits per heavy atom. The molecule has 0 saturated heterocycles. The summed E-state index contributed by atoms with van der Waals surface area (Å²) in [5.74, 6) is 1.52. The Morgan fingerprint density at radius 1 is 1.16 bits per heavy atom. The maximum atomic E-state index is 12.3. The Morgan fingerprint density at radius 3 is 2.70 bits per heavy atom. The van der Waals surface area contributed by atoms with Crippen molar-refractivity contribution in [2.75, 3.05) is 12.4 Å². The van der Waals surface area contributed by atoms with Gasteiger partial charge in [-0.25, -0.2) is 14.6 Å². The molecule has 2 aromatic carbocycles. The second-order valence-electron chi connectivity index (χ2n) is 8.09. The molecule has 0 unspecified atom stereocenters. The van der Waals surface area contributed by atoms with Crippen molar-refractivity contribution in [3.8, 4) is 28.7 Å². The first-order valence-electron chi connectivity index (χ1n) is 11.3. The molecule has 0 atom stereocenters. The van der Waals surface area contributed by atoms with E-state index >= 15 is 0 Å². The third kappa shape index (κ3) is 5.93. The van der Waals surface area contributed by atoms with E-state index in [1.165, 1.54) is 11.0 Å². The summed E-state index contributed by atoms with van der Waals surface area (Å²) in [7, 11) is 1.54. The molecule has 12 nitrogen and oxygen atoms in total. The van der Waals surface area contributed by atoms with Gasteiger partial charge in [-0.15, -0.1) is 5.10 Å². The molecule has 4 aromatic rings. The number of benzene rings is 2. The van der Waals surface area contributed by atoms with Crippen molar-refractivity contribution in [1.82, 2.24) is 35.5 Å². The van der Waals surface area contributed by atoms with Gasteiger partial charge in [0.05, 0.1) is 30.4 Å². The van der Waals surface area contributed by atoms with Crippen molar-refractivity contribution in [2.45, 2.75) is 24.8 Å². The number of anilines is 2. The van der Waals surface area contributed by atoms with E-state index in [1.807, 2.05) is 0 Å². The highest BCUT2D eigenvalue weighted by atomic mass is 32.2. The number of hydrogen-bond donors (Lipinski definition) is 2. The predicted molar refractivity (Wildman–Crippen MR) is 135 cm³/mol. The number of ether oxygens (including phenoxy) is 1. The van der Waals surface area contributed by atoms with Crippen LogP contribution in [0.1, 0.15) is 28.8 Å². The van der Waals surface area contributed by atoms with Crippen molar-refractivity contribution in [3.63, 3.8) is 0 Å². The van der Waals surface area contributed by atoms with Crippen LogP contribution in [-0.4, -0.2) is 49.2 Å². The second-order valence-corrected chi connectivity index (χ2v) is 8.75. The van der Waals surface area contributed by atoms with Crippen LogP contribution in [0, 0.1) is 11.3 Å². The molecule has 0 aliphatic heterocycles. The summed E-state index contributed by atoms with van der Waals surface area (Å²) in [4.78, 5) is 21.1. The summed E-state index contributed by atoms with van der Waals surface area (Å²) >= 11 is 1.10. The molecule has 2 heterocycles. The number of rotatable bonds is 10. The van der Waals surface area contributed by atoms with Gasteiger partial charge in [-0.3, -0.25) is 4.79 Å². The molecular weight excluding hydrogens is 494 g/mol. The smallest absolute Gasteiger partial charge is 0.251 e. The van der Waals surface area contributed by atoms with E-state index in [0.717, 1.165) is 36.0 Å². The number of amides is 1. The van der Waals surface area contributed by atoms with Gasteiger partial charge in [-0.2, -0.15) is 5.26 Å². The van der Waals surface area contributed by atoms with Crippen LogP contribution in [0.25, 0.3) is 11.1 Å². The highest BCUT2D eigenvalue weighted by molar-refractivity contribution is 7.94. The molecule has 1 amide bonds. The van der Waals surface area contributed by atoms with Gasteiger partial charge in [0, 0.05) is 29.6 Å². The van der Waals surface area contributed by atoms with Crippen LogP contribution < -0.4 is 19.6 Å². The lowest BCUT2D eigenvalue weighted by Gasteiger charge is -2.12. The molecule has 1 aliphatic carbocycles. The number of tetrazole rings is 1. The number of hydrogen-bond acceptors (Lipinski definition) is 11. The average Bonchev–Trinajstić information content (AvgIpc) is 3.59. The number of methoxy groups -OCH3 is 1. The van der Waals surface area contributed by atoms with Crippen LogP contribution in [0.15, 0.2) is 55.1 Å². The van der Waals surface area contributed by atoms with Crippen molar-refractivity contribution < 1.29 is 13.7 Å². The zero-order chi connectivity index (χ0) is 25.6. The van der Waals surface area contributed by atoms with Gasteiger partial charge in [0.1, 0.15) is 24.0 Å². The molecule has 186 valence electrons. The summed E-state index contributed by atoms with van der Waals surface area (Å²) < 4.78 is 12.7. The molecule has 0 radical (unpaired) electrons. The lowest BCUT2D eigenvalue weighted by atomic mass is 10.1. The number of nitrogens with zero attached hydrogens (tertiary/aromatic N) is 7. The molecule has 1 aliphatic rings. The molecule has 2 aromatic heterocycles. The summed E-state index contributed by atoms with van der Waals surface area (Å²) in [5.41, 5.74) is 3.08. The van der Waals surface area contributed by atoms with Gasteiger partial charge in [0.25, 0.3) is 5.91 Å². The molecule has 5 rings (SSSR count). The van der Waals surface area contributed by atoms with Gasteiger partial charge >= 0.3 is 0 Å². The Balaban J connectivity index is 1.27. The van der Waals surface area contributed by atoms with Crippen molar-refractivity contribution in [1.29, 1.82) is 5.26 Å². The van der Waals surface area contributed by atoms with E-state index in [4.69, 9.17) is 8.92 Å². The van der Waals surface area contributed by atoms with Crippen LogP contribution in [0.2, 0.25) is 0 Å². The largest absolute Gasteiger partial charge is 0.495 e. The Bertz CT molecular complexity index is 1440. The van der Waals surface area contributed by atoms with E-state index in [2.05, 4.69) is 42.2 Å². The van der Waals surface area contributed by atoms with Crippen LogP contribution in [0.3, 0.4) is 0 Å². The summed E-state index contributed by atoms with van der Waals surface area (Å²) in [6.45, 7) is 0. The second kappa shape index (κ2) is 10.9. The van der Waals surface area contributed by atoms with Gasteiger partial charge in [0.15, 0.2) is 5.75 Å². The number of carbonyl (C=O) groups excluding carboxylic acids is 1. The summed E-state index contributed by atoms with van der Waals surface area (Å²) in [6, 6.07) is 12.8. The SMILES string of the molecule is COc1cc(C(=O)NC2CC2)ccc1Nc1ncc(-c2ccc(C#N)c(OSCn3cnnn3)c2)cn1. The number of carbonyl (C=O) groups is 1. The zero-order valence-electron chi connectivity index (χ0n) is 19.7. The fourth-order valence-corrected chi connectivity index (χ4v) is 3.88. The molecule has 0 bridgehead atoms. The molecule has 1 fully saturated rings. The maximum Gasteiger partial charge on any atom is 0.251 e. The number of aromatic nitrogens is 6. The first-order chi connectivity index (χ1) is 18.1.